The van der Waals surface area contributed by atoms with Gasteiger partial charge in [0.05, 0.1) is 5.25 Å². The lowest BCUT2D eigenvalue weighted by Crippen LogP contribution is -2.52. The second kappa shape index (κ2) is 8.13. The van der Waals surface area contributed by atoms with Gasteiger partial charge in [-0.3, -0.25) is 4.79 Å². The van der Waals surface area contributed by atoms with Gasteiger partial charge >= 0.3 is 5.97 Å². The molecule has 136 valence electrons. The van der Waals surface area contributed by atoms with Crippen LogP contribution in [0, 0.1) is 5.92 Å². The molecule has 0 spiro atoms. The number of amides is 1. The summed E-state index contributed by atoms with van der Waals surface area (Å²) in [7, 11) is -3.58. The number of esters is 1. The summed E-state index contributed by atoms with van der Waals surface area (Å²) in [6.45, 7) is 13.3. The molecule has 0 heterocycles. The van der Waals surface area contributed by atoms with Crippen LogP contribution >= 0.6 is 0 Å². The predicted octanol–water partition coefficient (Wildman–Crippen LogP) is 2.07. The van der Waals surface area contributed by atoms with Crippen molar-refractivity contribution in [2.75, 3.05) is 0 Å². The molecule has 0 saturated heterocycles. The van der Waals surface area contributed by atoms with Gasteiger partial charge in [-0.25, -0.2) is 13.2 Å². The van der Waals surface area contributed by atoms with E-state index in [0.717, 1.165) is 0 Å². The van der Waals surface area contributed by atoms with E-state index in [1.165, 1.54) is 20.8 Å². The van der Waals surface area contributed by atoms with Crippen molar-refractivity contribution in [3.63, 3.8) is 0 Å². The van der Waals surface area contributed by atoms with Crippen molar-refractivity contribution in [2.24, 2.45) is 5.92 Å². The summed E-state index contributed by atoms with van der Waals surface area (Å²) in [5, 5.41) is 0.686. The Labute approximate surface area is 140 Å². The van der Waals surface area contributed by atoms with Crippen molar-refractivity contribution in [1.29, 1.82) is 0 Å². The van der Waals surface area contributed by atoms with E-state index in [1.807, 2.05) is 13.8 Å². The Morgan fingerprint density at radius 3 is 1.91 bits per heavy atom. The molecule has 0 aromatic heterocycles. The predicted molar refractivity (Wildman–Crippen MR) is 90.7 cm³/mol. The standard InChI is InChI=1S/C16H31NO5S/c1-9-11(4)13(15(19)22-16(6,7)8)17-14(18)12(5)23(20,21)10(2)3/h10-13H,9H2,1-8H3,(H,17,18)/t11-,12-,13-/m0/s1. The number of sulfone groups is 1. The molecule has 0 aliphatic heterocycles. The number of hydrogen-bond donors (Lipinski definition) is 1. The molecule has 0 aromatic carbocycles. The Morgan fingerprint density at radius 1 is 1.09 bits per heavy atom. The van der Waals surface area contributed by atoms with E-state index >= 15 is 0 Å². The maximum absolute atomic E-state index is 12.3. The second-order valence-corrected chi connectivity index (χ2v) is 10.0. The van der Waals surface area contributed by atoms with Crippen molar-refractivity contribution in [3.05, 3.63) is 0 Å². The third-order valence-electron chi connectivity index (χ3n) is 3.69. The Hall–Kier alpha value is -1.11. The fourth-order valence-corrected chi connectivity index (χ4v) is 3.05. The molecule has 1 N–H and O–H groups in total. The highest BCUT2D eigenvalue weighted by atomic mass is 32.2. The minimum Gasteiger partial charge on any atom is -0.458 e. The third-order valence-corrected chi connectivity index (χ3v) is 6.20. The number of carbonyl (C=O) groups excluding carboxylic acids is 2. The highest BCUT2D eigenvalue weighted by Crippen LogP contribution is 2.16. The minimum atomic E-state index is -3.58. The van der Waals surface area contributed by atoms with Crippen LogP contribution in [0.15, 0.2) is 0 Å². The van der Waals surface area contributed by atoms with Crippen molar-refractivity contribution in [2.45, 2.75) is 84.0 Å². The summed E-state index contributed by atoms with van der Waals surface area (Å²) in [5.41, 5.74) is -0.677. The fourth-order valence-electron chi connectivity index (χ4n) is 1.86. The topological polar surface area (TPSA) is 89.5 Å². The molecule has 0 radical (unpaired) electrons. The molecule has 7 heteroatoms. The Kier molecular flexibility index (Phi) is 7.73. The van der Waals surface area contributed by atoms with Gasteiger partial charge in [0.2, 0.25) is 5.91 Å². The second-order valence-electron chi connectivity index (χ2n) is 7.19. The van der Waals surface area contributed by atoms with Crippen LogP contribution in [0.4, 0.5) is 0 Å². The average Bonchev–Trinajstić information content (AvgIpc) is 2.40. The number of rotatable bonds is 7. The molecular formula is C16H31NO5S. The lowest BCUT2D eigenvalue weighted by Gasteiger charge is -2.28. The van der Waals surface area contributed by atoms with Gasteiger partial charge in [-0.15, -0.1) is 0 Å². The molecule has 0 saturated carbocycles. The number of nitrogens with one attached hydrogen (secondary N) is 1. The average molecular weight is 349 g/mol. The van der Waals surface area contributed by atoms with Crippen LogP contribution in [0.25, 0.3) is 0 Å². The van der Waals surface area contributed by atoms with Crippen molar-refractivity contribution < 1.29 is 22.7 Å². The highest BCUT2D eigenvalue weighted by molar-refractivity contribution is 7.93. The van der Waals surface area contributed by atoms with Gasteiger partial charge in [0.15, 0.2) is 9.84 Å². The summed E-state index contributed by atoms with van der Waals surface area (Å²) in [4.78, 5) is 24.6. The first kappa shape index (κ1) is 21.9. The van der Waals surface area contributed by atoms with Crippen LogP contribution in [-0.2, 0) is 24.2 Å². The monoisotopic (exact) mass is 349 g/mol. The molecule has 23 heavy (non-hydrogen) atoms. The zero-order valence-electron chi connectivity index (χ0n) is 15.5. The van der Waals surface area contributed by atoms with Crippen molar-refractivity contribution >= 4 is 21.7 Å². The largest absolute Gasteiger partial charge is 0.458 e. The first-order valence-corrected chi connectivity index (χ1v) is 9.60. The summed E-state index contributed by atoms with van der Waals surface area (Å²) in [6.07, 6.45) is 0.648. The summed E-state index contributed by atoms with van der Waals surface area (Å²) in [5.74, 6) is -1.38. The van der Waals surface area contributed by atoms with Gasteiger partial charge in [-0.2, -0.15) is 0 Å². The first-order chi connectivity index (χ1) is 10.2. The third kappa shape index (κ3) is 6.49. The lowest BCUT2D eigenvalue weighted by molar-refractivity contribution is -0.160. The first-order valence-electron chi connectivity index (χ1n) is 8.00. The molecular weight excluding hydrogens is 318 g/mol. The zero-order valence-corrected chi connectivity index (χ0v) is 16.3. The molecule has 6 nitrogen and oxygen atoms in total. The Bertz CT molecular complexity index is 519. The van der Waals surface area contributed by atoms with E-state index in [1.54, 1.807) is 20.8 Å². The number of hydrogen-bond acceptors (Lipinski definition) is 5. The van der Waals surface area contributed by atoms with Crippen LogP contribution < -0.4 is 5.32 Å². The lowest BCUT2D eigenvalue weighted by atomic mass is 9.98. The Morgan fingerprint density at radius 2 is 1.57 bits per heavy atom. The number of carbonyl (C=O) groups is 2. The summed E-state index contributed by atoms with van der Waals surface area (Å²) >= 11 is 0. The van der Waals surface area contributed by atoms with E-state index in [0.29, 0.717) is 6.42 Å². The van der Waals surface area contributed by atoms with Gasteiger partial charge in [-0.1, -0.05) is 20.3 Å². The fraction of sp³-hybridized carbons (Fsp3) is 0.875. The summed E-state index contributed by atoms with van der Waals surface area (Å²) in [6, 6.07) is -0.864. The van der Waals surface area contributed by atoms with Crippen LogP contribution in [-0.4, -0.2) is 42.4 Å². The van der Waals surface area contributed by atoms with E-state index in [4.69, 9.17) is 4.74 Å². The van der Waals surface area contributed by atoms with Gasteiger partial charge in [0, 0.05) is 0 Å². The molecule has 0 fully saturated rings. The van der Waals surface area contributed by atoms with E-state index < -0.39 is 43.9 Å². The normalized spacial score (nSPS) is 16.6. The smallest absolute Gasteiger partial charge is 0.329 e. The van der Waals surface area contributed by atoms with E-state index in [2.05, 4.69) is 5.32 Å². The van der Waals surface area contributed by atoms with Crippen LogP contribution in [0.5, 0.6) is 0 Å². The van der Waals surface area contributed by atoms with E-state index in [-0.39, 0.29) is 5.92 Å². The van der Waals surface area contributed by atoms with Gasteiger partial charge < -0.3 is 10.1 Å². The molecule has 1 amide bonds. The highest BCUT2D eigenvalue weighted by Gasteiger charge is 2.36. The molecule has 0 unspecified atom stereocenters. The molecule has 0 bridgehead atoms. The molecule has 0 aliphatic rings. The Balaban J connectivity index is 5.26. The van der Waals surface area contributed by atoms with Crippen molar-refractivity contribution in [1.82, 2.24) is 5.32 Å². The van der Waals surface area contributed by atoms with Crippen LogP contribution in [0.3, 0.4) is 0 Å². The SMILES string of the molecule is CC[C@H](C)[C@H](NC(=O)[C@H](C)S(=O)(=O)C(C)C)C(=O)OC(C)(C)C. The van der Waals surface area contributed by atoms with Gasteiger partial charge in [0.1, 0.15) is 16.9 Å². The molecule has 0 aromatic rings. The summed E-state index contributed by atoms with van der Waals surface area (Å²) < 4.78 is 29.6. The maximum atomic E-state index is 12.3. The van der Waals surface area contributed by atoms with Crippen LogP contribution in [0.2, 0.25) is 0 Å². The van der Waals surface area contributed by atoms with E-state index in [9.17, 15) is 18.0 Å². The quantitative estimate of drug-likeness (QED) is 0.711. The molecule has 3 atom stereocenters. The number of ether oxygens (including phenoxy) is 1. The van der Waals surface area contributed by atoms with Gasteiger partial charge in [0.25, 0.3) is 0 Å². The van der Waals surface area contributed by atoms with Crippen molar-refractivity contribution in [3.8, 4) is 0 Å². The molecule has 0 aliphatic carbocycles. The van der Waals surface area contributed by atoms with Gasteiger partial charge in [-0.05, 0) is 47.5 Å². The molecule has 0 rings (SSSR count). The van der Waals surface area contributed by atoms with Crippen LogP contribution in [0.1, 0.15) is 61.8 Å². The zero-order chi connectivity index (χ0) is 18.6. The maximum Gasteiger partial charge on any atom is 0.329 e. The minimum absolute atomic E-state index is 0.164.